The zero-order chi connectivity index (χ0) is 16.0. The van der Waals surface area contributed by atoms with E-state index in [-0.39, 0.29) is 30.2 Å². The van der Waals surface area contributed by atoms with E-state index < -0.39 is 5.97 Å². The SMILES string of the molecule is CC(C)(C)CC(CC(=O)O)NC(=O)Cc1cccc(Br)c1. The maximum Gasteiger partial charge on any atom is 0.305 e. The van der Waals surface area contributed by atoms with Crippen molar-refractivity contribution < 1.29 is 14.7 Å². The molecule has 0 fully saturated rings. The Kier molecular flexibility index (Phi) is 6.40. The Morgan fingerprint density at radius 3 is 2.52 bits per heavy atom. The standard InChI is InChI=1S/C16H22BrNO3/c1-16(2,3)10-13(9-15(20)21)18-14(19)8-11-5-4-6-12(17)7-11/h4-7,13H,8-10H2,1-3H3,(H,18,19)(H,20,21). The molecule has 116 valence electrons. The molecule has 1 atom stereocenters. The Balaban J connectivity index is 2.65. The molecule has 0 aliphatic heterocycles. The molecule has 0 spiro atoms. The number of carboxylic acids is 1. The molecule has 0 heterocycles. The van der Waals surface area contributed by atoms with Crippen LogP contribution in [-0.4, -0.2) is 23.0 Å². The normalized spacial score (nSPS) is 12.8. The highest BCUT2D eigenvalue weighted by Gasteiger charge is 2.22. The van der Waals surface area contributed by atoms with Gasteiger partial charge in [-0.2, -0.15) is 0 Å². The fourth-order valence-corrected chi connectivity index (χ4v) is 2.68. The molecule has 1 unspecified atom stereocenters. The summed E-state index contributed by atoms with van der Waals surface area (Å²) in [5.74, 6) is -1.05. The van der Waals surface area contributed by atoms with E-state index in [0.29, 0.717) is 6.42 Å². The van der Waals surface area contributed by atoms with Crippen molar-refractivity contribution in [2.24, 2.45) is 5.41 Å². The van der Waals surface area contributed by atoms with Gasteiger partial charge in [0.1, 0.15) is 0 Å². The first-order valence-corrected chi connectivity index (χ1v) is 7.70. The van der Waals surface area contributed by atoms with Gasteiger partial charge in [0.15, 0.2) is 0 Å². The van der Waals surface area contributed by atoms with Gasteiger partial charge in [0.2, 0.25) is 5.91 Å². The Hall–Kier alpha value is -1.36. The van der Waals surface area contributed by atoms with Crippen molar-refractivity contribution in [3.63, 3.8) is 0 Å². The number of nitrogens with one attached hydrogen (secondary N) is 1. The van der Waals surface area contributed by atoms with Gasteiger partial charge in [0.05, 0.1) is 12.8 Å². The number of carboxylic acid groups (broad SMARTS) is 1. The Morgan fingerprint density at radius 2 is 2.00 bits per heavy atom. The van der Waals surface area contributed by atoms with Crippen molar-refractivity contribution >= 4 is 27.8 Å². The van der Waals surface area contributed by atoms with Gasteiger partial charge in [-0.1, -0.05) is 48.8 Å². The van der Waals surface area contributed by atoms with Gasteiger partial charge in [-0.05, 0) is 29.5 Å². The molecule has 1 aromatic rings. The maximum absolute atomic E-state index is 12.1. The average Bonchev–Trinajstić information content (AvgIpc) is 2.24. The summed E-state index contributed by atoms with van der Waals surface area (Å²) in [4.78, 5) is 23.0. The van der Waals surface area contributed by atoms with E-state index in [1.807, 2.05) is 45.0 Å². The molecule has 0 aliphatic carbocycles. The first kappa shape index (κ1) is 17.7. The van der Waals surface area contributed by atoms with Crippen LogP contribution in [0.25, 0.3) is 0 Å². The van der Waals surface area contributed by atoms with Gasteiger partial charge in [0, 0.05) is 10.5 Å². The molecule has 4 nitrogen and oxygen atoms in total. The lowest BCUT2D eigenvalue weighted by Crippen LogP contribution is -2.39. The summed E-state index contributed by atoms with van der Waals surface area (Å²) in [6.07, 6.45) is 0.824. The fraction of sp³-hybridized carbons (Fsp3) is 0.500. The van der Waals surface area contributed by atoms with Crippen molar-refractivity contribution in [2.75, 3.05) is 0 Å². The minimum atomic E-state index is -0.896. The lowest BCUT2D eigenvalue weighted by atomic mass is 9.87. The lowest BCUT2D eigenvalue weighted by molar-refractivity contribution is -0.137. The Bertz CT molecular complexity index is 508. The summed E-state index contributed by atoms with van der Waals surface area (Å²) in [7, 11) is 0. The molecule has 0 aliphatic rings. The summed E-state index contributed by atoms with van der Waals surface area (Å²) >= 11 is 3.37. The number of benzene rings is 1. The number of hydrogen-bond donors (Lipinski definition) is 2. The van der Waals surface area contributed by atoms with Crippen LogP contribution in [0.5, 0.6) is 0 Å². The quantitative estimate of drug-likeness (QED) is 0.821. The van der Waals surface area contributed by atoms with Crippen LogP contribution in [0.15, 0.2) is 28.7 Å². The van der Waals surface area contributed by atoms with E-state index >= 15 is 0 Å². The summed E-state index contributed by atoms with van der Waals surface area (Å²) < 4.78 is 0.921. The monoisotopic (exact) mass is 355 g/mol. The van der Waals surface area contributed by atoms with Crippen LogP contribution in [0.3, 0.4) is 0 Å². The van der Waals surface area contributed by atoms with Crippen molar-refractivity contribution in [3.8, 4) is 0 Å². The number of aliphatic carboxylic acids is 1. The average molecular weight is 356 g/mol. The van der Waals surface area contributed by atoms with Crippen LogP contribution in [0.4, 0.5) is 0 Å². The number of hydrogen-bond acceptors (Lipinski definition) is 2. The summed E-state index contributed by atoms with van der Waals surface area (Å²) in [5.41, 5.74) is 0.857. The number of rotatable bonds is 6. The Labute approximate surface area is 134 Å². The first-order valence-electron chi connectivity index (χ1n) is 6.91. The van der Waals surface area contributed by atoms with Crippen LogP contribution in [0.1, 0.15) is 39.2 Å². The van der Waals surface area contributed by atoms with Crippen molar-refractivity contribution in [1.29, 1.82) is 0 Å². The highest BCUT2D eigenvalue weighted by molar-refractivity contribution is 9.10. The van der Waals surface area contributed by atoms with Crippen LogP contribution >= 0.6 is 15.9 Å². The van der Waals surface area contributed by atoms with E-state index in [9.17, 15) is 9.59 Å². The number of amides is 1. The first-order chi connectivity index (χ1) is 9.65. The van der Waals surface area contributed by atoms with E-state index in [1.165, 1.54) is 0 Å². The third kappa shape index (κ3) is 7.85. The molecular formula is C16H22BrNO3. The predicted octanol–water partition coefficient (Wildman–Crippen LogP) is 3.39. The molecule has 21 heavy (non-hydrogen) atoms. The predicted molar refractivity (Wildman–Crippen MR) is 86.1 cm³/mol. The zero-order valence-corrected chi connectivity index (χ0v) is 14.2. The van der Waals surface area contributed by atoms with E-state index in [2.05, 4.69) is 21.2 Å². The van der Waals surface area contributed by atoms with Crippen LogP contribution in [0.2, 0.25) is 0 Å². The molecule has 0 aromatic heterocycles. The van der Waals surface area contributed by atoms with Gasteiger partial charge >= 0.3 is 5.97 Å². The summed E-state index contributed by atoms with van der Waals surface area (Å²) in [5, 5.41) is 11.8. The van der Waals surface area contributed by atoms with Crippen molar-refractivity contribution in [1.82, 2.24) is 5.32 Å². The highest BCUT2D eigenvalue weighted by atomic mass is 79.9. The van der Waals surface area contributed by atoms with Crippen LogP contribution in [-0.2, 0) is 16.0 Å². The second kappa shape index (κ2) is 7.59. The van der Waals surface area contributed by atoms with Crippen molar-refractivity contribution in [2.45, 2.75) is 46.1 Å². The minimum absolute atomic E-state index is 0.0385. The third-order valence-corrected chi connectivity index (χ3v) is 3.39. The van der Waals surface area contributed by atoms with Gasteiger partial charge in [0.25, 0.3) is 0 Å². The molecule has 1 aromatic carbocycles. The number of carbonyl (C=O) groups excluding carboxylic acids is 1. The topological polar surface area (TPSA) is 66.4 Å². The molecule has 0 saturated carbocycles. The smallest absolute Gasteiger partial charge is 0.305 e. The lowest BCUT2D eigenvalue weighted by Gasteiger charge is -2.25. The molecule has 2 N–H and O–H groups in total. The molecule has 1 amide bonds. The molecule has 0 radical (unpaired) electrons. The van der Waals surface area contributed by atoms with Gasteiger partial charge in [-0.25, -0.2) is 0 Å². The fourth-order valence-electron chi connectivity index (χ4n) is 2.24. The van der Waals surface area contributed by atoms with E-state index in [0.717, 1.165) is 10.0 Å². The largest absolute Gasteiger partial charge is 0.481 e. The number of carbonyl (C=O) groups is 2. The van der Waals surface area contributed by atoms with Crippen LogP contribution < -0.4 is 5.32 Å². The van der Waals surface area contributed by atoms with Gasteiger partial charge < -0.3 is 10.4 Å². The zero-order valence-electron chi connectivity index (χ0n) is 12.6. The third-order valence-electron chi connectivity index (χ3n) is 2.90. The number of halogens is 1. The highest BCUT2D eigenvalue weighted by Crippen LogP contribution is 2.22. The molecular weight excluding hydrogens is 334 g/mol. The molecule has 0 bridgehead atoms. The Morgan fingerprint density at radius 1 is 1.33 bits per heavy atom. The second-order valence-electron chi connectivity index (χ2n) is 6.43. The molecule has 0 saturated heterocycles. The van der Waals surface area contributed by atoms with Gasteiger partial charge in [-0.15, -0.1) is 0 Å². The second-order valence-corrected chi connectivity index (χ2v) is 7.35. The minimum Gasteiger partial charge on any atom is -0.481 e. The summed E-state index contributed by atoms with van der Waals surface area (Å²) in [6.45, 7) is 6.09. The maximum atomic E-state index is 12.1. The summed E-state index contributed by atoms with van der Waals surface area (Å²) in [6, 6.07) is 7.18. The van der Waals surface area contributed by atoms with E-state index in [1.54, 1.807) is 0 Å². The van der Waals surface area contributed by atoms with Crippen molar-refractivity contribution in [3.05, 3.63) is 34.3 Å². The van der Waals surface area contributed by atoms with Gasteiger partial charge in [-0.3, -0.25) is 9.59 Å². The molecule has 1 rings (SSSR count). The van der Waals surface area contributed by atoms with Crippen LogP contribution in [0, 0.1) is 5.41 Å². The van der Waals surface area contributed by atoms with E-state index in [4.69, 9.17) is 5.11 Å². The molecule has 5 heteroatoms.